The maximum absolute atomic E-state index is 5.12. The van der Waals surface area contributed by atoms with Gasteiger partial charge in [0.15, 0.2) is 0 Å². The van der Waals surface area contributed by atoms with Crippen molar-refractivity contribution in [1.29, 1.82) is 0 Å². The highest BCUT2D eigenvalue weighted by Crippen LogP contribution is 2.42. The third-order valence-corrected chi connectivity index (χ3v) is 8.38. The Kier molecular flexibility index (Phi) is 5.28. The van der Waals surface area contributed by atoms with Crippen molar-refractivity contribution in [1.82, 2.24) is 9.55 Å². The van der Waals surface area contributed by atoms with Gasteiger partial charge in [-0.05, 0) is 37.5 Å². The number of benzene rings is 3. The molecule has 2 nitrogen and oxygen atoms in total. The van der Waals surface area contributed by atoms with Gasteiger partial charge in [-0.3, -0.25) is 0 Å². The molecule has 1 aliphatic rings. The van der Waals surface area contributed by atoms with Crippen molar-refractivity contribution in [3.8, 4) is 11.3 Å². The average molecular weight is 396 g/mol. The second-order valence-electron chi connectivity index (χ2n) is 7.66. The van der Waals surface area contributed by atoms with Gasteiger partial charge in [-0.15, -0.1) is 0 Å². The van der Waals surface area contributed by atoms with Gasteiger partial charge in [-0.1, -0.05) is 91.0 Å². The van der Waals surface area contributed by atoms with Crippen LogP contribution in [0, 0.1) is 0 Å². The van der Waals surface area contributed by atoms with Crippen molar-refractivity contribution in [3.05, 3.63) is 103 Å². The summed E-state index contributed by atoms with van der Waals surface area (Å²) in [7, 11) is -0.397. The summed E-state index contributed by atoms with van der Waals surface area (Å²) >= 11 is 0. The van der Waals surface area contributed by atoms with Crippen LogP contribution in [0.3, 0.4) is 0 Å². The first-order valence-electron chi connectivity index (χ1n) is 10.4. The molecule has 0 N–H and O–H groups in total. The van der Waals surface area contributed by atoms with Gasteiger partial charge in [0.2, 0.25) is 0 Å². The number of rotatable bonds is 5. The van der Waals surface area contributed by atoms with Crippen LogP contribution in [0.1, 0.15) is 24.6 Å². The molecule has 3 heteroatoms. The number of aromatic nitrogens is 2. The fourth-order valence-corrected chi connectivity index (χ4v) is 6.86. The second-order valence-corrected chi connectivity index (χ2v) is 9.92. The maximum Gasteiger partial charge on any atom is 0.112 e. The van der Waals surface area contributed by atoms with E-state index < -0.39 is 7.92 Å². The molecule has 0 radical (unpaired) electrons. The second kappa shape index (κ2) is 8.35. The van der Waals surface area contributed by atoms with Crippen LogP contribution in [0.4, 0.5) is 0 Å². The van der Waals surface area contributed by atoms with Crippen LogP contribution in [-0.2, 0) is 6.54 Å². The molecule has 1 aliphatic heterocycles. The molecule has 4 aromatic rings. The Balaban J connectivity index is 1.49. The lowest BCUT2D eigenvalue weighted by Crippen LogP contribution is -2.22. The van der Waals surface area contributed by atoms with E-state index in [0.717, 1.165) is 18.4 Å². The van der Waals surface area contributed by atoms with E-state index in [4.69, 9.17) is 4.98 Å². The molecule has 0 saturated carbocycles. The molecule has 0 aliphatic carbocycles. The molecule has 0 spiro atoms. The molecule has 0 fully saturated rings. The summed E-state index contributed by atoms with van der Waals surface area (Å²) in [5.41, 5.74) is 2.32. The monoisotopic (exact) mass is 396 g/mol. The minimum Gasteiger partial charge on any atom is -0.334 e. The molecule has 3 aromatic carbocycles. The van der Waals surface area contributed by atoms with Gasteiger partial charge in [-0.25, -0.2) is 4.98 Å². The van der Waals surface area contributed by atoms with Crippen molar-refractivity contribution >= 4 is 18.5 Å². The van der Waals surface area contributed by atoms with E-state index in [-0.39, 0.29) is 0 Å². The van der Waals surface area contributed by atoms with Gasteiger partial charge in [-0.2, -0.15) is 0 Å². The number of hydrogen-bond donors (Lipinski definition) is 0. The van der Waals surface area contributed by atoms with Crippen molar-refractivity contribution in [2.45, 2.75) is 25.3 Å². The minimum absolute atomic E-state index is 0.397. The molecule has 0 amide bonds. The van der Waals surface area contributed by atoms with Crippen LogP contribution in [0.15, 0.2) is 97.2 Å². The summed E-state index contributed by atoms with van der Waals surface area (Å²) in [5.74, 6) is 1.78. The maximum atomic E-state index is 5.12. The molecule has 2 heterocycles. The van der Waals surface area contributed by atoms with E-state index in [0.29, 0.717) is 5.92 Å². The highest BCUT2D eigenvalue weighted by atomic mass is 31.1. The van der Waals surface area contributed by atoms with Gasteiger partial charge >= 0.3 is 0 Å². The fourth-order valence-electron chi connectivity index (χ4n) is 4.29. The standard InChI is InChI=1S/C26H25N2P/c1-4-11-21(12-5-1)25-19-28-18-10-13-22(26(28)27-25)20-29(23-14-6-2-7-15-23)24-16-8-3-9-17-24/h1-9,11-12,14-17,19,22H,10,13,18,20H2/t22-/m1/s1. The number of aryl methyl sites for hydroxylation is 1. The Bertz CT molecular complexity index is 1020. The smallest absolute Gasteiger partial charge is 0.112 e. The van der Waals surface area contributed by atoms with Gasteiger partial charge in [0.05, 0.1) is 5.69 Å². The molecule has 0 bridgehead atoms. The Hall–Kier alpha value is -2.70. The van der Waals surface area contributed by atoms with Crippen LogP contribution in [0.2, 0.25) is 0 Å². The van der Waals surface area contributed by atoms with Crippen LogP contribution in [0.5, 0.6) is 0 Å². The lowest BCUT2D eigenvalue weighted by atomic mass is 10.0. The van der Waals surface area contributed by atoms with E-state index in [2.05, 4.69) is 102 Å². The molecule has 144 valence electrons. The van der Waals surface area contributed by atoms with Crippen molar-refractivity contribution in [2.75, 3.05) is 6.16 Å². The highest BCUT2D eigenvalue weighted by Gasteiger charge is 2.27. The largest absolute Gasteiger partial charge is 0.334 e. The Morgan fingerprint density at radius 3 is 2.00 bits per heavy atom. The van der Waals surface area contributed by atoms with E-state index in [1.165, 1.54) is 34.8 Å². The topological polar surface area (TPSA) is 17.8 Å². The van der Waals surface area contributed by atoms with E-state index >= 15 is 0 Å². The zero-order valence-corrected chi connectivity index (χ0v) is 17.4. The first kappa shape index (κ1) is 18.3. The zero-order valence-electron chi connectivity index (χ0n) is 16.5. The molecule has 1 atom stereocenters. The molecule has 5 rings (SSSR count). The SMILES string of the molecule is c1ccc(-c2cn3c(n2)[C@@H](CP(c2ccccc2)c2ccccc2)CCC3)cc1. The summed E-state index contributed by atoms with van der Waals surface area (Å²) in [6.45, 7) is 1.08. The number of imidazole rings is 1. The van der Waals surface area contributed by atoms with Crippen LogP contribution in [-0.4, -0.2) is 15.7 Å². The van der Waals surface area contributed by atoms with Gasteiger partial charge in [0.25, 0.3) is 0 Å². The van der Waals surface area contributed by atoms with Crippen LogP contribution < -0.4 is 10.6 Å². The molecule has 0 unspecified atom stereocenters. The van der Waals surface area contributed by atoms with E-state index in [9.17, 15) is 0 Å². The summed E-state index contributed by atoms with van der Waals surface area (Å²) in [6.07, 6.45) is 5.87. The van der Waals surface area contributed by atoms with Crippen molar-refractivity contribution in [2.24, 2.45) is 0 Å². The number of nitrogens with zero attached hydrogens (tertiary/aromatic N) is 2. The van der Waals surface area contributed by atoms with E-state index in [1.807, 2.05) is 0 Å². The summed E-state index contributed by atoms with van der Waals surface area (Å²) in [4.78, 5) is 5.12. The van der Waals surface area contributed by atoms with E-state index in [1.54, 1.807) is 0 Å². The fraction of sp³-hybridized carbons (Fsp3) is 0.192. The van der Waals surface area contributed by atoms with Gasteiger partial charge in [0, 0.05) is 24.2 Å². The van der Waals surface area contributed by atoms with Gasteiger partial charge < -0.3 is 4.57 Å². The Labute approximate surface area is 174 Å². The summed E-state index contributed by atoms with van der Waals surface area (Å²) < 4.78 is 2.40. The van der Waals surface area contributed by atoms with Crippen LogP contribution in [0.25, 0.3) is 11.3 Å². The Morgan fingerprint density at radius 1 is 0.793 bits per heavy atom. The van der Waals surface area contributed by atoms with Gasteiger partial charge in [0.1, 0.15) is 5.82 Å². The molecular weight excluding hydrogens is 371 g/mol. The zero-order chi connectivity index (χ0) is 19.5. The Morgan fingerprint density at radius 2 is 1.38 bits per heavy atom. The first-order valence-corrected chi connectivity index (χ1v) is 11.9. The predicted octanol–water partition coefficient (Wildman–Crippen LogP) is 5.56. The third-order valence-electron chi connectivity index (χ3n) is 5.73. The molecule has 1 aromatic heterocycles. The van der Waals surface area contributed by atoms with Crippen molar-refractivity contribution < 1.29 is 0 Å². The lowest BCUT2D eigenvalue weighted by Gasteiger charge is -2.28. The number of fused-ring (bicyclic) bond motifs is 1. The quantitative estimate of drug-likeness (QED) is 0.404. The minimum atomic E-state index is -0.397. The molecule has 29 heavy (non-hydrogen) atoms. The normalized spacial score (nSPS) is 16.0. The average Bonchev–Trinajstić information content (AvgIpc) is 3.24. The predicted molar refractivity (Wildman–Crippen MR) is 124 cm³/mol. The number of hydrogen-bond acceptors (Lipinski definition) is 1. The molecule has 0 saturated heterocycles. The highest BCUT2D eigenvalue weighted by molar-refractivity contribution is 7.73. The molecular formula is C26H25N2P. The third kappa shape index (κ3) is 3.91. The van der Waals surface area contributed by atoms with Crippen LogP contribution >= 0.6 is 7.92 Å². The van der Waals surface area contributed by atoms with Crippen molar-refractivity contribution in [3.63, 3.8) is 0 Å². The summed E-state index contributed by atoms with van der Waals surface area (Å²) in [5, 5.41) is 2.92. The lowest BCUT2D eigenvalue weighted by molar-refractivity contribution is 0.467. The summed E-state index contributed by atoms with van der Waals surface area (Å²) in [6, 6.07) is 32.6. The first-order chi connectivity index (χ1) is 14.4.